The lowest BCUT2D eigenvalue weighted by Crippen LogP contribution is -2.41. The van der Waals surface area contributed by atoms with Gasteiger partial charge in [-0.3, -0.25) is 9.59 Å². The average molecular weight is 1070 g/mol. The monoisotopic (exact) mass is 1060 g/mol. The number of benzene rings is 5. The van der Waals surface area contributed by atoms with E-state index in [0.29, 0.717) is 26.1 Å². The molecule has 0 bridgehead atoms. The van der Waals surface area contributed by atoms with Gasteiger partial charge in [-0.15, -0.1) is 0 Å². The molecule has 3 heterocycles. The lowest BCUT2D eigenvalue weighted by atomic mass is 9.68. The van der Waals surface area contributed by atoms with E-state index in [4.69, 9.17) is 32.7 Å². The second-order valence-corrected chi connectivity index (χ2v) is 28.9. The van der Waals surface area contributed by atoms with Crippen molar-refractivity contribution in [1.29, 1.82) is 0 Å². The fourth-order valence-corrected chi connectivity index (χ4v) is 13.5. The molecule has 0 radical (unpaired) electrons. The minimum Gasteiger partial charge on any atom is -0.489 e. The summed E-state index contributed by atoms with van der Waals surface area (Å²) < 4.78 is 41.9. The maximum absolute atomic E-state index is 11.4. The minimum absolute atomic E-state index is 0.0947. The molecule has 414 valence electrons. The molecule has 5 aromatic carbocycles. The molecule has 11 heteroatoms. The molecule has 3 saturated heterocycles. The normalized spacial score (nSPS) is 18.4. The summed E-state index contributed by atoms with van der Waals surface area (Å²) in [5.41, 5.74) is 13.4. The van der Waals surface area contributed by atoms with Crippen LogP contribution in [0.25, 0.3) is 11.1 Å². The van der Waals surface area contributed by atoms with Gasteiger partial charge >= 0.3 is 19.1 Å². The van der Waals surface area contributed by atoms with Crippen LogP contribution in [0.5, 0.6) is 11.5 Å². The molecule has 0 N–H and O–H groups in total. The first kappa shape index (κ1) is 59.5. The number of hydrogen-bond acceptors (Lipinski definition) is 9. The van der Waals surface area contributed by atoms with Crippen LogP contribution in [0.3, 0.4) is 0 Å². The first-order valence-electron chi connectivity index (χ1n) is 28.5. The standard InChI is InChI=1S/C36H48O4Si.C30H41BO5/c1-10-36(11-2,30-16-19-33(26(4)22-30)38-24-31-17-20-34(37)39-31)29-15-18-32(25(3)21-29)27-13-12-14-28(23-27)35(5,6)40-41(7,8)9;1-9-30(10-2,23-12-15-26(21(4)18-23)33-19-24-13-16-27(32)34-24)22-11-14-25(20(3)17-22)31-35-28(5,6)29(7,8)36-31/h12-16,18-19,21-23,31H,10-11,17,20,24H2,1-9H3;11-12,14-15,17-18,24H,9-10,13,16,19H2,1-8H3/t31-;24-/m11/s1. The van der Waals surface area contributed by atoms with Crippen LogP contribution in [0.2, 0.25) is 19.6 Å². The highest BCUT2D eigenvalue weighted by Gasteiger charge is 2.52. The Bertz CT molecular complexity index is 2870. The first-order valence-corrected chi connectivity index (χ1v) is 31.9. The Labute approximate surface area is 463 Å². The van der Waals surface area contributed by atoms with Crippen molar-refractivity contribution in [2.75, 3.05) is 13.2 Å². The highest BCUT2D eigenvalue weighted by Crippen LogP contribution is 2.44. The zero-order valence-corrected chi connectivity index (χ0v) is 50.7. The number of carbonyl (C=O) groups is 2. The molecule has 0 saturated carbocycles. The van der Waals surface area contributed by atoms with Gasteiger partial charge in [0.25, 0.3) is 0 Å². The Morgan fingerprint density at radius 1 is 0.558 bits per heavy atom. The number of hydrogen-bond donors (Lipinski definition) is 0. The molecule has 0 unspecified atom stereocenters. The molecule has 9 nitrogen and oxygen atoms in total. The second kappa shape index (κ2) is 23.6. The van der Waals surface area contributed by atoms with Crippen molar-refractivity contribution >= 4 is 32.8 Å². The van der Waals surface area contributed by atoms with Crippen LogP contribution in [0, 0.1) is 27.7 Å². The third-order valence-electron chi connectivity index (χ3n) is 17.2. The highest BCUT2D eigenvalue weighted by atomic mass is 28.4. The van der Waals surface area contributed by atoms with Crippen LogP contribution >= 0.6 is 0 Å². The third kappa shape index (κ3) is 13.1. The second-order valence-electron chi connectivity index (χ2n) is 24.5. The lowest BCUT2D eigenvalue weighted by molar-refractivity contribution is -0.143. The minimum atomic E-state index is -1.70. The van der Waals surface area contributed by atoms with Gasteiger partial charge in [0.1, 0.15) is 36.9 Å². The van der Waals surface area contributed by atoms with Gasteiger partial charge in [0.2, 0.25) is 0 Å². The van der Waals surface area contributed by atoms with Crippen molar-refractivity contribution in [2.45, 2.75) is 208 Å². The fourth-order valence-electron chi connectivity index (χ4n) is 11.8. The van der Waals surface area contributed by atoms with Gasteiger partial charge in [-0.05, 0) is 207 Å². The van der Waals surface area contributed by atoms with Crippen molar-refractivity contribution < 1.29 is 42.3 Å². The molecule has 0 aromatic heterocycles. The Morgan fingerprint density at radius 3 is 1.38 bits per heavy atom. The molecule has 2 atom stereocenters. The summed E-state index contributed by atoms with van der Waals surface area (Å²) in [6.07, 6.45) is 6.09. The zero-order valence-electron chi connectivity index (χ0n) is 49.7. The van der Waals surface area contributed by atoms with E-state index < -0.39 is 8.32 Å². The summed E-state index contributed by atoms with van der Waals surface area (Å²) in [7, 11) is -2.06. The van der Waals surface area contributed by atoms with Gasteiger partial charge in [0.15, 0.2) is 8.32 Å². The molecule has 0 spiro atoms. The van der Waals surface area contributed by atoms with Gasteiger partial charge in [-0.25, -0.2) is 0 Å². The number of ether oxygens (including phenoxy) is 4. The topological polar surface area (TPSA) is 98.8 Å². The Balaban J connectivity index is 0.000000225. The molecule has 0 aliphatic carbocycles. The number of carbonyl (C=O) groups excluding carboxylic acids is 2. The van der Waals surface area contributed by atoms with E-state index >= 15 is 0 Å². The Morgan fingerprint density at radius 2 is 0.987 bits per heavy atom. The summed E-state index contributed by atoms with van der Waals surface area (Å²) >= 11 is 0. The number of aryl methyl sites for hydroxylation is 4. The van der Waals surface area contributed by atoms with E-state index in [1.807, 2.05) is 0 Å². The quantitative estimate of drug-likeness (QED) is 0.0591. The fraction of sp³-hybridized carbons (Fsp3) is 0.515. The van der Waals surface area contributed by atoms with Crippen molar-refractivity contribution in [3.8, 4) is 22.6 Å². The van der Waals surface area contributed by atoms with Crippen molar-refractivity contribution in [2.24, 2.45) is 0 Å². The van der Waals surface area contributed by atoms with E-state index in [1.165, 1.54) is 50.1 Å². The molecule has 0 amide bonds. The average Bonchev–Trinajstić information content (AvgIpc) is 4.08. The van der Waals surface area contributed by atoms with Crippen LogP contribution in [0.15, 0.2) is 97.1 Å². The van der Waals surface area contributed by atoms with Crippen LogP contribution in [0.4, 0.5) is 0 Å². The van der Waals surface area contributed by atoms with E-state index in [0.717, 1.165) is 66.6 Å². The van der Waals surface area contributed by atoms with Crippen LogP contribution in [-0.4, -0.2) is 64.0 Å². The van der Waals surface area contributed by atoms with Crippen LogP contribution < -0.4 is 14.9 Å². The van der Waals surface area contributed by atoms with Crippen molar-refractivity contribution in [3.63, 3.8) is 0 Å². The number of esters is 2. The van der Waals surface area contributed by atoms with E-state index in [9.17, 15) is 9.59 Å². The predicted octanol–water partition coefficient (Wildman–Crippen LogP) is 15.0. The zero-order chi connectivity index (χ0) is 56.3. The number of rotatable bonds is 19. The van der Waals surface area contributed by atoms with E-state index in [-0.39, 0.29) is 58.9 Å². The first-order chi connectivity index (χ1) is 36.2. The van der Waals surface area contributed by atoms with Gasteiger partial charge in [0.05, 0.1) is 16.8 Å². The van der Waals surface area contributed by atoms with Gasteiger partial charge in [-0.1, -0.05) is 112 Å². The summed E-state index contributed by atoms with van der Waals surface area (Å²) in [5.74, 6) is 1.43. The molecular weight excluding hydrogens is 976 g/mol. The number of cyclic esters (lactones) is 2. The molecule has 77 heavy (non-hydrogen) atoms. The van der Waals surface area contributed by atoms with E-state index in [2.05, 4.69) is 214 Å². The largest absolute Gasteiger partial charge is 0.495 e. The predicted molar refractivity (Wildman–Crippen MR) is 315 cm³/mol. The van der Waals surface area contributed by atoms with Crippen LogP contribution in [0.1, 0.15) is 171 Å². The van der Waals surface area contributed by atoms with Gasteiger partial charge < -0.3 is 32.7 Å². The van der Waals surface area contributed by atoms with Crippen molar-refractivity contribution in [3.05, 3.63) is 147 Å². The molecule has 3 aliphatic rings. The summed E-state index contributed by atoms with van der Waals surface area (Å²) in [4.78, 5) is 22.8. The summed E-state index contributed by atoms with van der Waals surface area (Å²) in [6, 6.07) is 35.6. The molecule has 3 fully saturated rings. The molecular formula is C66H89BO9Si. The summed E-state index contributed by atoms with van der Waals surface area (Å²) in [5, 5.41) is 0. The van der Waals surface area contributed by atoms with Crippen molar-refractivity contribution in [1.82, 2.24) is 0 Å². The maximum Gasteiger partial charge on any atom is 0.495 e. The summed E-state index contributed by atoms with van der Waals surface area (Å²) in [6.45, 7) is 37.9. The smallest absolute Gasteiger partial charge is 0.489 e. The lowest BCUT2D eigenvalue weighted by Gasteiger charge is -2.35. The third-order valence-corrected chi connectivity index (χ3v) is 18.3. The highest BCUT2D eigenvalue weighted by molar-refractivity contribution is 6.69. The maximum atomic E-state index is 11.4. The SMILES string of the molecule is CCC(CC)(c1ccc(OC[C@H]2CCC(=O)O2)c(C)c1)c1ccc(-c2cccc(C(C)(C)O[Si](C)(C)C)c2)c(C)c1.CCC(CC)(c1ccc(OC[C@H]2CCC(=O)O2)c(C)c1)c1ccc(B2OC(C)(C)C(C)(C)O2)c(C)c1. The Kier molecular flexibility index (Phi) is 18.3. The Hall–Kier alpha value is -5.20. The van der Waals surface area contributed by atoms with Gasteiger partial charge in [-0.2, -0.15) is 0 Å². The molecule has 8 rings (SSSR count). The molecule has 5 aromatic rings. The van der Waals surface area contributed by atoms with Gasteiger partial charge in [0, 0.05) is 23.7 Å². The molecule has 3 aliphatic heterocycles. The van der Waals surface area contributed by atoms with E-state index in [1.54, 1.807) is 0 Å². The van der Waals surface area contributed by atoms with Crippen LogP contribution in [-0.2, 0) is 49.2 Å².